The van der Waals surface area contributed by atoms with Crippen LogP contribution in [0.1, 0.15) is 27.9 Å². The molecule has 1 aromatic rings. The van der Waals surface area contributed by atoms with Gasteiger partial charge in [0, 0.05) is 0 Å². The lowest BCUT2D eigenvalue weighted by Crippen LogP contribution is -2.10. The second kappa shape index (κ2) is 4.48. The van der Waals surface area contributed by atoms with Crippen molar-refractivity contribution in [1.82, 2.24) is 4.98 Å². The molecule has 0 unspecified atom stereocenters. The third-order valence-electron chi connectivity index (χ3n) is 1.82. The number of nitriles is 1. The molecule has 0 aliphatic heterocycles. The molecular weight excluding hydrogens is 240 g/mol. The van der Waals surface area contributed by atoms with Crippen molar-refractivity contribution in [3.63, 3.8) is 0 Å². The van der Waals surface area contributed by atoms with Crippen LogP contribution >= 0.6 is 0 Å². The molecule has 0 fully saturated rings. The molecule has 1 aromatic heterocycles. The van der Waals surface area contributed by atoms with Crippen LogP contribution in [0, 0.1) is 21.4 Å². The van der Waals surface area contributed by atoms with Gasteiger partial charge in [0.1, 0.15) is 12.3 Å². The van der Waals surface area contributed by atoms with E-state index in [2.05, 4.69) is 4.98 Å². The molecule has 0 aliphatic rings. The van der Waals surface area contributed by atoms with Crippen LogP contribution in [0.3, 0.4) is 0 Å². The first-order valence-corrected chi connectivity index (χ1v) is 3.99. The Morgan fingerprint density at radius 2 is 2.24 bits per heavy atom. The average Bonchev–Trinajstić information content (AvgIpc) is 2.26. The summed E-state index contributed by atoms with van der Waals surface area (Å²) in [7, 11) is 0. The Labute approximate surface area is 92.1 Å². The van der Waals surface area contributed by atoms with E-state index in [-0.39, 0.29) is 0 Å². The molecule has 1 heterocycles. The minimum atomic E-state index is -3.19. The van der Waals surface area contributed by atoms with Crippen LogP contribution in [-0.2, 0) is 0 Å². The Morgan fingerprint density at radius 3 is 2.59 bits per heavy atom. The first kappa shape index (κ1) is 12.4. The van der Waals surface area contributed by atoms with E-state index in [0.29, 0.717) is 6.20 Å². The van der Waals surface area contributed by atoms with Gasteiger partial charge < -0.3 is 15.2 Å². The van der Waals surface area contributed by atoms with Gasteiger partial charge in [-0.15, -0.1) is 0 Å². The van der Waals surface area contributed by atoms with E-state index in [1.54, 1.807) is 0 Å². The first-order valence-electron chi connectivity index (χ1n) is 3.99. The third kappa shape index (κ3) is 2.15. The fourth-order valence-corrected chi connectivity index (χ4v) is 1.16. The molecule has 0 aliphatic carbocycles. The maximum atomic E-state index is 12.5. The van der Waals surface area contributed by atoms with Crippen LogP contribution in [0.2, 0.25) is 0 Å². The highest BCUT2D eigenvalue weighted by Gasteiger charge is 2.30. The summed E-state index contributed by atoms with van der Waals surface area (Å²) in [5.41, 5.74) is -3.11. The van der Waals surface area contributed by atoms with Gasteiger partial charge in [0.05, 0.1) is 11.1 Å². The molecule has 0 aromatic carbocycles. The van der Waals surface area contributed by atoms with E-state index in [4.69, 9.17) is 10.4 Å². The fourth-order valence-electron chi connectivity index (χ4n) is 1.16. The van der Waals surface area contributed by atoms with Crippen LogP contribution in [0.15, 0.2) is 6.20 Å². The second-order valence-corrected chi connectivity index (χ2v) is 2.76. The molecule has 0 radical (unpaired) electrons. The summed E-state index contributed by atoms with van der Waals surface area (Å²) in [6, 6.07) is 1.20. The zero-order chi connectivity index (χ0) is 13.2. The number of aromatic nitrogens is 1. The van der Waals surface area contributed by atoms with Crippen molar-refractivity contribution < 1.29 is 23.6 Å². The standard InChI is InChI=1S/C8H3F2N3O4/c9-6(10)4-2-12-7(13(16)17)3(1-11)5(4)8(14)15/h2,6H,(H,14,15). The molecule has 88 valence electrons. The second-order valence-electron chi connectivity index (χ2n) is 2.76. The van der Waals surface area contributed by atoms with E-state index in [9.17, 15) is 23.7 Å². The monoisotopic (exact) mass is 243 g/mol. The number of alkyl halides is 2. The number of nitro groups is 1. The van der Waals surface area contributed by atoms with Crippen LogP contribution in [-0.4, -0.2) is 21.0 Å². The number of pyridine rings is 1. The quantitative estimate of drug-likeness (QED) is 0.634. The van der Waals surface area contributed by atoms with Crippen molar-refractivity contribution in [2.45, 2.75) is 6.43 Å². The normalized spacial score (nSPS) is 10.0. The predicted molar refractivity (Wildman–Crippen MR) is 47.5 cm³/mol. The van der Waals surface area contributed by atoms with Gasteiger partial charge in [-0.1, -0.05) is 0 Å². The number of hydrogen-bond acceptors (Lipinski definition) is 5. The van der Waals surface area contributed by atoms with E-state index in [1.807, 2.05) is 0 Å². The van der Waals surface area contributed by atoms with Crippen LogP contribution in [0.25, 0.3) is 0 Å². The van der Waals surface area contributed by atoms with E-state index >= 15 is 0 Å². The zero-order valence-electron chi connectivity index (χ0n) is 7.92. The molecular formula is C8H3F2N3O4. The lowest BCUT2D eigenvalue weighted by atomic mass is 10.0. The highest BCUT2D eigenvalue weighted by atomic mass is 19.3. The highest BCUT2D eigenvalue weighted by molar-refractivity contribution is 5.93. The predicted octanol–water partition coefficient (Wildman–Crippen LogP) is 1.50. The van der Waals surface area contributed by atoms with Gasteiger partial charge in [-0.05, 0) is 9.91 Å². The number of carboxylic acids is 1. The van der Waals surface area contributed by atoms with Gasteiger partial charge in [0.25, 0.3) is 6.43 Å². The van der Waals surface area contributed by atoms with Crippen molar-refractivity contribution in [2.24, 2.45) is 0 Å². The number of rotatable bonds is 3. The number of halogens is 2. The molecule has 1 N–H and O–H groups in total. The van der Waals surface area contributed by atoms with Gasteiger partial charge in [-0.25, -0.2) is 13.6 Å². The molecule has 7 nitrogen and oxygen atoms in total. The van der Waals surface area contributed by atoms with Crippen molar-refractivity contribution in [3.8, 4) is 6.07 Å². The summed E-state index contributed by atoms with van der Waals surface area (Å²) in [5.74, 6) is -2.91. The van der Waals surface area contributed by atoms with Gasteiger partial charge in [-0.3, -0.25) is 0 Å². The Balaban J connectivity index is 3.69. The summed E-state index contributed by atoms with van der Waals surface area (Å²) in [5, 5.41) is 27.7. The van der Waals surface area contributed by atoms with Crippen molar-refractivity contribution in [1.29, 1.82) is 5.26 Å². The smallest absolute Gasteiger partial charge is 0.382 e. The van der Waals surface area contributed by atoms with Crippen molar-refractivity contribution >= 4 is 11.8 Å². The first-order chi connectivity index (χ1) is 7.90. The van der Waals surface area contributed by atoms with Crippen LogP contribution in [0.4, 0.5) is 14.6 Å². The minimum absolute atomic E-state index is 0.382. The zero-order valence-corrected chi connectivity index (χ0v) is 7.92. The van der Waals surface area contributed by atoms with Crippen LogP contribution in [0.5, 0.6) is 0 Å². The summed E-state index contributed by atoms with van der Waals surface area (Å²) >= 11 is 0. The summed E-state index contributed by atoms with van der Waals surface area (Å²) in [4.78, 5) is 23.1. The van der Waals surface area contributed by atoms with E-state index < -0.39 is 39.8 Å². The summed E-state index contributed by atoms with van der Waals surface area (Å²) < 4.78 is 24.9. The molecule has 17 heavy (non-hydrogen) atoms. The minimum Gasteiger partial charge on any atom is -0.478 e. The molecule has 0 saturated carbocycles. The number of carbonyl (C=O) groups is 1. The van der Waals surface area contributed by atoms with Crippen molar-refractivity contribution in [2.75, 3.05) is 0 Å². The molecule has 0 saturated heterocycles. The van der Waals surface area contributed by atoms with E-state index in [0.717, 1.165) is 0 Å². The Hall–Kier alpha value is -2.63. The maximum absolute atomic E-state index is 12.5. The molecule has 0 bridgehead atoms. The Bertz CT molecular complexity index is 538. The van der Waals surface area contributed by atoms with Gasteiger partial charge in [0.15, 0.2) is 5.56 Å². The number of aromatic carboxylic acids is 1. The highest BCUT2D eigenvalue weighted by Crippen LogP contribution is 2.28. The Morgan fingerprint density at radius 1 is 1.65 bits per heavy atom. The largest absolute Gasteiger partial charge is 0.478 e. The SMILES string of the molecule is N#Cc1c([N+](=O)[O-])ncc(C(F)F)c1C(=O)O. The van der Waals surface area contributed by atoms with Gasteiger partial charge in [0.2, 0.25) is 0 Å². The lowest BCUT2D eigenvalue weighted by Gasteiger charge is -2.04. The molecule has 9 heteroatoms. The lowest BCUT2D eigenvalue weighted by molar-refractivity contribution is -0.389. The summed E-state index contributed by atoms with van der Waals surface area (Å²) in [6.07, 6.45) is -2.81. The van der Waals surface area contributed by atoms with Gasteiger partial charge in [-0.2, -0.15) is 5.26 Å². The molecule has 0 atom stereocenters. The maximum Gasteiger partial charge on any atom is 0.382 e. The molecule has 1 rings (SSSR count). The molecule has 0 spiro atoms. The average molecular weight is 243 g/mol. The fraction of sp³-hybridized carbons (Fsp3) is 0.125. The summed E-state index contributed by atoms with van der Waals surface area (Å²) in [6.45, 7) is 0. The van der Waals surface area contributed by atoms with Gasteiger partial charge >= 0.3 is 11.8 Å². The number of nitrogens with zero attached hydrogens (tertiary/aromatic N) is 3. The van der Waals surface area contributed by atoms with E-state index in [1.165, 1.54) is 6.07 Å². The third-order valence-corrected chi connectivity index (χ3v) is 1.82. The number of carboxylic acid groups (broad SMARTS) is 1. The Kier molecular flexibility index (Phi) is 3.28. The van der Waals surface area contributed by atoms with Crippen molar-refractivity contribution in [3.05, 3.63) is 33.0 Å². The van der Waals surface area contributed by atoms with Crippen LogP contribution < -0.4 is 0 Å². The topological polar surface area (TPSA) is 117 Å². The number of hydrogen-bond donors (Lipinski definition) is 1. The molecule has 0 amide bonds.